The molecule has 0 bridgehead atoms. The monoisotopic (exact) mass is 335 g/mol. The number of sulfonamides is 1. The summed E-state index contributed by atoms with van der Waals surface area (Å²) < 4.78 is 62.3. The molecule has 21 heavy (non-hydrogen) atoms. The third kappa shape index (κ3) is 3.20. The first-order valence-electron chi connectivity index (χ1n) is 5.60. The van der Waals surface area contributed by atoms with E-state index in [0.717, 1.165) is 12.1 Å². The van der Waals surface area contributed by atoms with Gasteiger partial charge in [-0.25, -0.2) is 13.6 Å². The number of primary sulfonamides is 1. The molecule has 2 rings (SSSR count). The van der Waals surface area contributed by atoms with E-state index in [-0.39, 0.29) is 11.1 Å². The number of benzene rings is 2. The van der Waals surface area contributed by atoms with Crippen LogP contribution in [0.5, 0.6) is 0 Å². The predicted molar refractivity (Wildman–Crippen MR) is 73.3 cm³/mol. The molecule has 0 spiro atoms. The molecule has 0 aliphatic rings. The van der Waals surface area contributed by atoms with Crippen molar-refractivity contribution >= 4 is 21.6 Å². The van der Waals surface area contributed by atoms with Crippen molar-refractivity contribution in [3.63, 3.8) is 0 Å². The van der Waals surface area contributed by atoms with Crippen molar-refractivity contribution in [3.8, 4) is 11.1 Å². The fraction of sp³-hybridized carbons (Fsp3) is 0.0769. The zero-order valence-corrected chi connectivity index (χ0v) is 11.9. The van der Waals surface area contributed by atoms with E-state index in [9.17, 15) is 21.6 Å². The first-order chi connectivity index (χ1) is 9.62. The van der Waals surface area contributed by atoms with Gasteiger partial charge in [0.05, 0.1) is 10.6 Å². The van der Waals surface area contributed by atoms with E-state index in [1.807, 2.05) is 0 Å². The number of alkyl halides is 3. The summed E-state index contributed by atoms with van der Waals surface area (Å²) in [5.74, 6) is 0. The van der Waals surface area contributed by atoms with Crippen molar-refractivity contribution in [2.75, 3.05) is 0 Å². The van der Waals surface area contributed by atoms with Crippen molar-refractivity contribution in [1.82, 2.24) is 0 Å². The van der Waals surface area contributed by atoms with Gasteiger partial charge in [0.15, 0.2) is 0 Å². The molecule has 3 nitrogen and oxygen atoms in total. The quantitative estimate of drug-likeness (QED) is 0.910. The SMILES string of the molecule is NS(=O)(=O)c1ccc(-c2ccccc2)c(C(F)(F)F)c1Cl. The minimum atomic E-state index is -4.82. The second kappa shape index (κ2) is 5.32. The fourth-order valence-corrected chi connectivity index (χ4v) is 3.12. The molecule has 0 fully saturated rings. The Hall–Kier alpha value is -1.57. The number of hydrogen-bond acceptors (Lipinski definition) is 2. The zero-order chi connectivity index (χ0) is 15.8. The zero-order valence-electron chi connectivity index (χ0n) is 10.4. The average Bonchev–Trinajstić information content (AvgIpc) is 2.36. The first-order valence-corrected chi connectivity index (χ1v) is 7.52. The maximum atomic E-state index is 13.2. The third-order valence-electron chi connectivity index (χ3n) is 2.78. The van der Waals surface area contributed by atoms with Gasteiger partial charge in [-0.05, 0) is 17.2 Å². The Labute approximate surface area is 124 Å². The van der Waals surface area contributed by atoms with Crippen LogP contribution in [-0.2, 0) is 16.2 Å². The molecule has 0 radical (unpaired) electrons. The maximum Gasteiger partial charge on any atom is 0.418 e. The average molecular weight is 336 g/mol. The minimum absolute atomic E-state index is 0.208. The van der Waals surface area contributed by atoms with Gasteiger partial charge in [0, 0.05) is 0 Å². The molecule has 0 atom stereocenters. The van der Waals surface area contributed by atoms with Gasteiger partial charge in [0.25, 0.3) is 0 Å². The summed E-state index contributed by atoms with van der Waals surface area (Å²) in [6, 6.07) is 9.74. The Morgan fingerprint density at radius 3 is 2.05 bits per heavy atom. The summed E-state index contributed by atoms with van der Waals surface area (Å²) >= 11 is 5.65. The lowest BCUT2D eigenvalue weighted by atomic mass is 9.99. The highest BCUT2D eigenvalue weighted by molar-refractivity contribution is 7.89. The van der Waals surface area contributed by atoms with Gasteiger partial charge in [-0.2, -0.15) is 13.2 Å². The van der Waals surface area contributed by atoms with Crippen molar-refractivity contribution in [1.29, 1.82) is 0 Å². The van der Waals surface area contributed by atoms with E-state index in [0.29, 0.717) is 0 Å². The van der Waals surface area contributed by atoms with Crippen LogP contribution in [0.3, 0.4) is 0 Å². The van der Waals surface area contributed by atoms with Gasteiger partial charge < -0.3 is 0 Å². The van der Waals surface area contributed by atoms with Crippen LogP contribution in [0.2, 0.25) is 5.02 Å². The van der Waals surface area contributed by atoms with Crippen LogP contribution in [0.4, 0.5) is 13.2 Å². The first kappa shape index (κ1) is 15.8. The molecule has 0 saturated heterocycles. The van der Waals surface area contributed by atoms with Gasteiger partial charge in [0.1, 0.15) is 4.90 Å². The third-order valence-corrected chi connectivity index (χ3v) is 4.24. The van der Waals surface area contributed by atoms with Gasteiger partial charge in [-0.15, -0.1) is 0 Å². The van der Waals surface area contributed by atoms with Gasteiger partial charge in [-0.3, -0.25) is 0 Å². The normalized spacial score (nSPS) is 12.4. The maximum absolute atomic E-state index is 13.2. The lowest BCUT2D eigenvalue weighted by Crippen LogP contribution is -2.16. The Morgan fingerprint density at radius 2 is 1.57 bits per heavy atom. The topological polar surface area (TPSA) is 60.2 Å². The van der Waals surface area contributed by atoms with E-state index in [4.69, 9.17) is 16.7 Å². The van der Waals surface area contributed by atoms with E-state index in [1.165, 1.54) is 12.1 Å². The van der Waals surface area contributed by atoms with Crippen LogP contribution < -0.4 is 5.14 Å². The Bertz CT molecular complexity index is 774. The van der Waals surface area contributed by atoms with Crippen LogP contribution >= 0.6 is 11.6 Å². The molecule has 0 saturated carbocycles. The van der Waals surface area contributed by atoms with Crippen molar-refractivity contribution < 1.29 is 21.6 Å². The van der Waals surface area contributed by atoms with E-state index < -0.39 is 31.7 Å². The van der Waals surface area contributed by atoms with E-state index in [1.54, 1.807) is 18.2 Å². The van der Waals surface area contributed by atoms with Crippen molar-refractivity contribution in [2.45, 2.75) is 11.1 Å². The van der Waals surface area contributed by atoms with E-state index in [2.05, 4.69) is 0 Å². The van der Waals surface area contributed by atoms with Crippen LogP contribution in [0.25, 0.3) is 11.1 Å². The minimum Gasteiger partial charge on any atom is -0.225 e. The van der Waals surface area contributed by atoms with Gasteiger partial charge in [0.2, 0.25) is 10.0 Å². The summed E-state index contributed by atoms with van der Waals surface area (Å²) in [5.41, 5.74) is -1.16. The molecule has 0 aliphatic heterocycles. The standard InChI is InChI=1S/C13H9ClF3NO2S/c14-12-10(21(18,19)20)7-6-9(11(12)13(15,16)17)8-4-2-1-3-5-8/h1-7H,(H2,18,19,20). The summed E-state index contributed by atoms with van der Waals surface area (Å²) in [5, 5.41) is 3.95. The highest BCUT2D eigenvalue weighted by atomic mass is 35.5. The van der Waals surface area contributed by atoms with Crippen LogP contribution in [0.1, 0.15) is 5.56 Å². The molecule has 0 heterocycles. The van der Waals surface area contributed by atoms with Crippen molar-refractivity contribution in [2.24, 2.45) is 5.14 Å². The van der Waals surface area contributed by atoms with Crippen LogP contribution in [0, 0.1) is 0 Å². The summed E-state index contributed by atoms with van der Waals surface area (Å²) in [7, 11) is -4.35. The van der Waals surface area contributed by atoms with Gasteiger partial charge >= 0.3 is 6.18 Å². The highest BCUT2D eigenvalue weighted by Gasteiger charge is 2.38. The largest absolute Gasteiger partial charge is 0.418 e. The Balaban J connectivity index is 2.83. The molecule has 2 aromatic carbocycles. The summed E-state index contributed by atoms with van der Waals surface area (Å²) in [4.78, 5) is -0.754. The number of nitrogens with two attached hydrogens (primary N) is 1. The molecule has 0 aliphatic carbocycles. The van der Waals surface area contributed by atoms with Crippen molar-refractivity contribution in [3.05, 3.63) is 53.1 Å². The van der Waals surface area contributed by atoms with Gasteiger partial charge in [-0.1, -0.05) is 48.0 Å². The number of halogens is 4. The number of rotatable bonds is 2. The molecule has 8 heteroatoms. The fourth-order valence-electron chi connectivity index (χ4n) is 1.91. The van der Waals surface area contributed by atoms with Crippen LogP contribution in [0.15, 0.2) is 47.4 Å². The predicted octanol–water partition coefficient (Wildman–Crippen LogP) is 3.67. The molecule has 0 unspecified atom stereocenters. The molecule has 112 valence electrons. The lowest BCUT2D eigenvalue weighted by Gasteiger charge is -2.16. The molecular formula is C13H9ClF3NO2S. The summed E-state index contributed by atoms with van der Waals surface area (Å²) in [6.45, 7) is 0. The highest BCUT2D eigenvalue weighted by Crippen LogP contribution is 2.43. The summed E-state index contributed by atoms with van der Waals surface area (Å²) in [6.07, 6.45) is -4.82. The molecule has 2 aromatic rings. The molecular weight excluding hydrogens is 327 g/mol. The van der Waals surface area contributed by atoms with E-state index >= 15 is 0 Å². The smallest absolute Gasteiger partial charge is 0.225 e. The second-order valence-electron chi connectivity index (χ2n) is 4.21. The number of hydrogen-bond donors (Lipinski definition) is 1. The van der Waals surface area contributed by atoms with Crippen LogP contribution in [-0.4, -0.2) is 8.42 Å². The second-order valence-corrected chi connectivity index (χ2v) is 6.12. The Morgan fingerprint density at radius 1 is 1.00 bits per heavy atom. The molecule has 0 aromatic heterocycles. The lowest BCUT2D eigenvalue weighted by molar-refractivity contribution is -0.137. The molecule has 2 N–H and O–H groups in total. The Kier molecular flexibility index (Phi) is 4.01. The molecule has 0 amide bonds.